The number of nitrogens with one attached hydrogen (secondary N) is 3. The molecule has 3 N–H and O–H groups in total. The number of benzene rings is 1. The van der Waals surface area contributed by atoms with Gasteiger partial charge in [0.15, 0.2) is 5.65 Å². The van der Waals surface area contributed by atoms with E-state index in [1.807, 2.05) is 16.8 Å². The zero-order valence-corrected chi connectivity index (χ0v) is 17.4. The Morgan fingerprint density at radius 1 is 1.28 bits per heavy atom. The molecule has 1 saturated heterocycles. The maximum atomic E-state index is 5.28. The molecule has 29 heavy (non-hydrogen) atoms. The summed E-state index contributed by atoms with van der Waals surface area (Å²) in [7, 11) is 1.75. The minimum atomic E-state index is 0.331. The molecule has 154 valence electrons. The maximum Gasteiger partial charge on any atom is 0.163 e. The molecule has 0 aliphatic carbocycles. The van der Waals surface area contributed by atoms with Gasteiger partial charge in [0, 0.05) is 43.9 Å². The minimum Gasteiger partial charge on any atom is -0.383 e. The lowest BCUT2D eigenvalue weighted by Crippen LogP contribution is -2.26. The molecule has 1 aliphatic rings. The van der Waals surface area contributed by atoms with Gasteiger partial charge in [-0.3, -0.25) is 0 Å². The summed E-state index contributed by atoms with van der Waals surface area (Å²) >= 11 is 0. The third kappa shape index (κ3) is 4.52. The largest absolute Gasteiger partial charge is 0.383 e. The highest BCUT2D eigenvalue weighted by atomic mass is 16.5. The number of aromatic nitrogens is 3. The Morgan fingerprint density at radius 3 is 2.86 bits per heavy atom. The molecule has 2 unspecified atom stereocenters. The lowest BCUT2D eigenvalue weighted by molar-refractivity contribution is 0.173. The first-order valence-corrected chi connectivity index (χ1v) is 10.3. The van der Waals surface area contributed by atoms with Gasteiger partial charge in [-0.2, -0.15) is 9.61 Å². The molecule has 2 aromatic heterocycles. The van der Waals surface area contributed by atoms with Crippen LogP contribution in [-0.4, -0.2) is 46.9 Å². The molecule has 0 spiro atoms. The molecule has 0 bridgehead atoms. The van der Waals surface area contributed by atoms with Crippen molar-refractivity contribution in [2.45, 2.75) is 44.8 Å². The Hall–Kier alpha value is -2.64. The van der Waals surface area contributed by atoms with Crippen molar-refractivity contribution in [3.05, 3.63) is 53.7 Å². The van der Waals surface area contributed by atoms with E-state index < -0.39 is 0 Å². The summed E-state index contributed by atoms with van der Waals surface area (Å²) in [4.78, 5) is 4.90. The summed E-state index contributed by atoms with van der Waals surface area (Å²) in [5, 5.41) is 15.2. The van der Waals surface area contributed by atoms with Crippen molar-refractivity contribution >= 4 is 17.3 Å². The van der Waals surface area contributed by atoms with Gasteiger partial charge in [0.1, 0.15) is 11.6 Å². The number of anilines is 2. The molecule has 2 atom stereocenters. The molecule has 0 saturated carbocycles. The van der Waals surface area contributed by atoms with E-state index in [1.165, 1.54) is 5.56 Å². The molecule has 7 nitrogen and oxygen atoms in total. The van der Waals surface area contributed by atoms with Crippen molar-refractivity contribution in [1.82, 2.24) is 19.9 Å². The van der Waals surface area contributed by atoms with Crippen LogP contribution in [0.4, 0.5) is 11.6 Å². The van der Waals surface area contributed by atoms with Gasteiger partial charge in [0.25, 0.3) is 0 Å². The summed E-state index contributed by atoms with van der Waals surface area (Å²) in [6.45, 7) is 6.72. The second kappa shape index (κ2) is 8.80. The van der Waals surface area contributed by atoms with E-state index in [9.17, 15) is 0 Å². The highest BCUT2D eigenvalue weighted by Crippen LogP contribution is 2.25. The number of hydrogen-bond acceptors (Lipinski definition) is 6. The van der Waals surface area contributed by atoms with Gasteiger partial charge in [-0.1, -0.05) is 44.2 Å². The average Bonchev–Trinajstić information content (AvgIpc) is 3.34. The van der Waals surface area contributed by atoms with Crippen LogP contribution >= 0.6 is 0 Å². The molecule has 0 radical (unpaired) electrons. The fourth-order valence-corrected chi connectivity index (χ4v) is 3.84. The topological polar surface area (TPSA) is 75.5 Å². The molecule has 4 rings (SSSR count). The highest BCUT2D eigenvalue weighted by Gasteiger charge is 2.24. The monoisotopic (exact) mass is 394 g/mol. The fraction of sp³-hybridized carbons (Fsp3) is 0.455. The lowest BCUT2D eigenvalue weighted by Gasteiger charge is -2.16. The van der Waals surface area contributed by atoms with E-state index in [4.69, 9.17) is 9.72 Å². The number of nitrogens with zero attached hydrogens (tertiary/aromatic N) is 3. The van der Waals surface area contributed by atoms with Crippen LogP contribution in [-0.2, 0) is 11.3 Å². The minimum absolute atomic E-state index is 0.331. The van der Waals surface area contributed by atoms with Crippen molar-refractivity contribution in [3.8, 4) is 0 Å². The second-order valence-corrected chi connectivity index (χ2v) is 7.99. The Balaban J connectivity index is 1.59. The van der Waals surface area contributed by atoms with Crippen molar-refractivity contribution in [2.24, 2.45) is 0 Å². The van der Waals surface area contributed by atoms with Crippen molar-refractivity contribution < 1.29 is 4.74 Å². The van der Waals surface area contributed by atoms with Crippen molar-refractivity contribution in [3.63, 3.8) is 0 Å². The predicted molar refractivity (Wildman–Crippen MR) is 117 cm³/mol. The van der Waals surface area contributed by atoms with E-state index in [-0.39, 0.29) is 0 Å². The molecule has 7 heteroatoms. The van der Waals surface area contributed by atoms with Crippen LogP contribution in [0.25, 0.3) is 5.65 Å². The SMILES string of the molecule is COCC1CC(Nc2cc(NCc3ccccc3)n3ncc(C(C)C)c3n2)CN1. The van der Waals surface area contributed by atoms with Gasteiger partial charge in [0.05, 0.1) is 12.8 Å². The Bertz CT molecular complexity index is 939. The van der Waals surface area contributed by atoms with Crippen molar-refractivity contribution in [2.75, 3.05) is 30.9 Å². The van der Waals surface area contributed by atoms with E-state index >= 15 is 0 Å². The maximum absolute atomic E-state index is 5.28. The predicted octanol–water partition coefficient (Wildman–Crippen LogP) is 3.25. The van der Waals surface area contributed by atoms with E-state index in [1.54, 1.807) is 7.11 Å². The van der Waals surface area contributed by atoms with Gasteiger partial charge < -0.3 is 20.7 Å². The third-order valence-corrected chi connectivity index (χ3v) is 5.38. The van der Waals surface area contributed by atoms with Crippen molar-refractivity contribution in [1.29, 1.82) is 0 Å². The van der Waals surface area contributed by atoms with Crippen LogP contribution in [0.5, 0.6) is 0 Å². The number of hydrogen-bond donors (Lipinski definition) is 3. The van der Waals surface area contributed by atoms with Crippen LogP contribution in [0, 0.1) is 0 Å². The van der Waals surface area contributed by atoms with Crippen LogP contribution in [0.3, 0.4) is 0 Å². The molecule has 3 heterocycles. The Morgan fingerprint density at radius 2 is 2.10 bits per heavy atom. The van der Waals surface area contributed by atoms with Gasteiger partial charge >= 0.3 is 0 Å². The summed E-state index contributed by atoms with van der Waals surface area (Å²) in [5.74, 6) is 2.17. The smallest absolute Gasteiger partial charge is 0.163 e. The molecule has 3 aromatic rings. The van der Waals surface area contributed by atoms with E-state index in [0.717, 1.165) is 49.0 Å². The number of methoxy groups -OCH3 is 1. The molecule has 1 fully saturated rings. The summed E-state index contributed by atoms with van der Waals surface area (Å²) < 4.78 is 7.19. The average molecular weight is 395 g/mol. The number of fused-ring (bicyclic) bond motifs is 1. The molecular formula is C22H30N6O. The van der Waals surface area contributed by atoms with Gasteiger partial charge in [0.2, 0.25) is 0 Å². The van der Waals surface area contributed by atoms with Gasteiger partial charge in [-0.15, -0.1) is 0 Å². The standard InChI is InChI=1S/C22H30N6O/c1-15(2)19-13-25-28-21(24-11-16-7-5-4-6-8-16)10-20(27-22(19)28)26-17-9-18(14-29-3)23-12-17/h4-8,10,13,15,17-18,23-24H,9,11-12,14H2,1-3H3,(H,26,27). The van der Waals surface area contributed by atoms with Crippen LogP contribution < -0.4 is 16.0 Å². The van der Waals surface area contributed by atoms with Crippen LogP contribution in [0.1, 0.15) is 37.3 Å². The molecular weight excluding hydrogens is 364 g/mol. The number of rotatable bonds is 8. The molecule has 1 aliphatic heterocycles. The van der Waals surface area contributed by atoms with E-state index in [0.29, 0.717) is 18.0 Å². The summed E-state index contributed by atoms with van der Waals surface area (Å²) in [6.07, 6.45) is 2.94. The van der Waals surface area contributed by atoms with E-state index in [2.05, 4.69) is 65.2 Å². The summed E-state index contributed by atoms with van der Waals surface area (Å²) in [6, 6.07) is 13.2. The number of ether oxygens (including phenoxy) is 1. The zero-order chi connectivity index (χ0) is 20.2. The Kier molecular flexibility index (Phi) is 5.97. The molecule has 1 aromatic carbocycles. The summed E-state index contributed by atoms with van der Waals surface area (Å²) in [5.41, 5.74) is 3.28. The lowest BCUT2D eigenvalue weighted by atomic mass is 10.1. The zero-order valence-electron chi connectivity index (χ0n) is 17.4. The first-order chi connectivity index (χ1) is 14.1. The molecule has 0 amide bonds. The first-order valence-electron chi connectivity index (χ1n) is 10.3. The van der Waals surface area contributed by atoms with Crippen LogP contribution in [0.15, 0.2) is 42.6 Å². The first kappa shape index (κ1) is 19.7. The normalized spacial score (nSPS) is 19.2. The van der Waals surface area contributed by atoms with Gasteiger partial charge in [-0.05, 0) is 17.9 Å². The second-order valence-electron chi connectivity index (χ2n) is 7.99. The Labute approximate surface area is 171 Å². The highest BCUT2D eigenvalue weighted by molar-refractivity contribution is 5.61. The fourth-order valence-electron chi connectivity index (χ4n) is 3.84. The quantitative estimate of drug-likeness (QED) is 0.545. The third-order valence-electron chi connectivity index (χ3n) is 5.38. The van der Waals surface area contributed by atoms with Crippen LogP contribution in [0.2, 0.25) is 0 Å². The van der Waals surface area contributed by atoms with Gasteiger partial charge in [-0.25, -0.2) is 4.98 Å².